The van der Waals surface area contributed by atoms with Gasteiger partial charge in [-0.1, -0.05) is 6.07 Å². The number of fused-ring (bicyclic) bond motifs is 5. The molecule has 0 unspecified atom stereocenters. The van der Waals surface area contributed by atoms with Gasteiger partial charge in [-0.3, -0.25) is 4.57 Å². The first kappa shape index (κ1) is 19.8. The second-order valence-electron chi connectivity index (χ2n) is 7.17. The molecule has 160 valence electrons. The van der Waals surface area contributed by atoms with E-state index in [1.807, 2.05) is 27.3 Å². The Labute approximate surface area is 181 Å². The zero-order valence-electron chi connectivity index (χ0n) is 16.9. The summed E-state index contributed by atoms with van der Waals surface area (Å²) in [6, 6.07) is 11.3. The standard InChI is InChI=1S/C22H16F2N6O2/c1-31-14-3-5-19-15(7-14)22-28-27-21(11-32-10-13-2-4-16(23)17(24)6-13)29(22)9-20-18(8-25)26-12-30(19)20/h2-7,12H,9-11H2,1H3. The zero-order valence-corrected chi connectivity index (χ0v) is 16.9. The maximum absolute atomic E-state index is 13.4. The van der Waals surface area contributed by atoms with Crippen molar-refractivity contribution in [3.63, 3.8) is 0 Å². The minimum atomic E-state index is -0.926. The molecule has 0 amide bonds. The Hall–Kier alpha value is -4.10. The number of rotatable bonds is 5. The Morgan fingerprint density at radius 3 is 2.75 bits per heavy atom. The first-order valence-corrected chi connectivity index (χ1v) is 9.68. The van der Waals surface area contributed by atoms with Gasteiger partial charge in [0.1, 0.15) is 24.8 Å². The Morgan fingerprint density at radius 2 is 1.97 bits per heavy atom. The summed E-state index contributed by atoms with van der Waals surface area (Å²) >= 11 is 0. The fourth-order valence-corrected chi connectivity index (χ4v) is 3.70. The largest absolute Gasteiger partial charge is 0.497 e. The fraction of sp³-hybridized carbons (Fsp3) is 0.182. The van der Waals surface area contributed by atoms with Crippen molar-refractivity contribution in [2.24, 2.45) is 0 Å². The lowest BCUT2D eigenvalue weighted by Gasteiger charge is -2.09. The summed E-state index contributed by atoms with van der Waals surface area (Å²) in [4.78, 5) is 4.22. The molecule has 0 bridgehead atoms. The Morgan fingerprint density at radius 1 is 1.09 bits per heavy atom. The van der Waals surface area contributed by atoms with E-state index in [4.69, 9.17) is 9.47 Å². The molecule has 0 aliphatic carbocycles. The number of nitrogens with zero attached hydrogens (tertiary/aromatic N) is 6. The molecule has 0 fully saturated rings. The lowest BCUT2D eigenvalue weighted by molar-refractivity contribution is 0.0991. The molecule has 8 nitrogen and oxygen atoms in total. The molecule has 2 aromatic heterocycles. The lowest BCUT2D eigenvalue weighted by Crippen LogP contribution is -2.10. The first-order chi connectivity index (χ1) is 15.6. The van der Waals surface area contributed by atoms with Gasteiger partial charge >= 0.3 is 0 Å². The number of nitriles is 1. The summed E-state index contributed by atoms with van der Waals surface area (Å²) < 4.78 is 41.3. The van der Waals surface area contributed by atoms with Crippen LogP contribution in [-0.4, -0.2) is 31.4 Å². The number of ether oxygens (including phenoxy) is 2. The van der Waals surface area contributed by atoms with Crippen LogP contribution in [0.25, 0.3) is 17.1 Å². The molecule has 2 aromatic carbocycles. The minimum Gasteiger partial charge on any atom is -0.497 e. The van der Waals surface area contributed by atoms with Crippen molar-refractivity contribution in [2.45, 2.75) is 19.8 Å². The second kappa shape index (κ2) is 7.86. The van der Waals surface area contributed by atoms with E-state index in [0.29, 0.717) is 40.9 Å². The monoisotopic (exact) mass is 434 g/mol. The normalized spacial score (nSPS) is 11.8. The third-order valence-electron chi connectivity index (χ3n) is 5.30. The Kier molecular flexibility index (Phi) is 4.88. The van der Waals surface area contributed by atoms with Crippen molar-refractivity contribution >= 4 is 0 Å². The average molecular weight is 434 g/mol. The molecule has 0 atom stereocenters. The first-order valence-electron chi connectivity index (χ1n) is 9.68. The van der Waals surface area contributed by atoms with Crippen molar-refractivity contribution < 1.29 is 18.3 Å². The molecule has 3 heterocycles. The number of aromatic nitrogens is 5. The number of hydrogen-bond donors (Lipinski definition) is 0. The molecule has 32 heavy (non-hydrogen) atoms. The Balaban J connectivity index is 1.50. The van der Waals surface area contributed by atoms with Gasteiger partial charge in [0.05, 0.1) is 31.6 Å². The van der Waals surface area contributed by atoms with Crippen LogP contribution in [0.2, 0.25) is 0 Å². The SMILES string of the molecule is COc1ccc2c(c1)-c1nnc(COCc3ccc(F)c(F)c3)n1Cc1c(C#N)ncn1-2. The van der Waals surface area contributed by atoms with Crippen molar-refractivity contribution in [3.8, 4) is 28.9 Å². The highest BCUT2D eigenvalue weighted by molar-refractivity contribution is 5.71. The van der Waals surface area contributed by atoms with E-state index in [2.05, 4.69) is 21.3 Å². The van der Waals surface area contributed by atoms with E-state index in [-0.39, 0.29) is 13.2 Å². The van der Waals surface area contributed by atoms with E-state index >= 15 is 0 Å². The lowest BCUT2D eigenvalue weighted by atomic mass is 10.1. The molecule has 0 radical (unpaired) electrons. The molecule has 0 saturated carbocycles. The van der Waals surface area contributed by atoms with Crippen LogP contribution in [0.15, 0.2) is 42.7 Å². The molecular weight excluding hydrogens is 418 g/mol. The van der Waals surface area contributed by atoms with Gasteiger partial charge in [-0.15, -0.1) is 10.2 Å². The topological polar surface area (TPSA) is 90.8 Å². The number of halogens is 2. The number of imidazole rings is 1. The third kappa shape index (κ3) is 3.29. The molecule has 1 aliphatic heterocycles. The van der Waals surface area contributed by atoms with Gasteiger partial charge in [0.2, 0.25) is 0 Å². The van der Waals surface area contributed by atoms with E-state index in [1.54, 1.807) is 13.4 Å². The van der Waals surface area contributed by atoms with Gasteiger partial charge in [-0.25, -0.2) is 13.8 Å². The van der Waals surface area contributed by atoms with Gasteiger partial charge < -0.3 is 14.0 Å². The summed E-state index contributed by atoms with van der Waals surface area (Å²) in [6.45, 7) is 0.471. The highest BCUT2D eigenvalue weighted by Gasteiger charge is 2.26. The van der Waals surface area contributed by atoms with E-state index < -0.39 is 11.6 Å². The Bertz CT molecular complexity index is 1370. The maximum Gasteiger partial charge on any atom is 0.166 e. The van der Waals surface area contributed by atoms with Gasteiger partial charge in [0.15, 0.2) is 29.0 Å². The molecule has 5 rings (SSSR count). The summed E-state index contributed by atoms with van der Waals surface area (Å²) in [5.41, 5.74) is 3.07. The number of hydrogen-bond acceptors (Lipinski definition) is 6. The van der Waals surface area contributed by atoms with Gasteiger partial charge in [-0.05, 0) is 35.9 Å². The van der Waals surface area contributed by atoms with Crippen LogP contribution in [0.4, 0.5) is 8.78 Å². The summed E-state index contributed by atoms with van der Waals surface area (Å²) in [5.74, 6) is -0.0628. The van der Waals surface area contributed by atoms with Gasteiger partial charge in [0, 0.05) is 5.56 Å². The molecule has 1 aliphatic rings. The number of benzene rings is 2. The quantitative estimate of drug-likeness (QED) is 0.421. The number of methoxy groups -OCH3 is 1. The van der Waals surface area contributed by atoms with Crippen molar-refractivity contribution in [1.29, 1.82) is 5.26 Å². The summed E-state index contributed by atoms with van der Waals surface area (Å²) in [5, 5.41) is 18.1. The highest BCUT2D eigenvalue weighted by Crippen LogP contribution is 2.34. The third-order valence-corrected chi connectivity index (χ3v) is 5.30. The fourth-order valence-electron chi connectivity index (χ4n) is 3.70. The van der Waals surface area contributed by atoms with Crippen molar-refractivity contribution in [2.75, 3.05) is 7.11 Å². The van der Waals surface area contributed by atoms with Crippen LogP contribution in [0.1, 0.15) is 22.8 Å². The van der Waals surface area contributed by atoms with E-state index in [9.17, 15) is 14.0 Å². The summed E-state index contributed by atoms with van der Waals surface area (Å²) in [6.07, 6.45) is 1.61. The zero-order chi connectivity index (χ0) is 22.2. The van der Waals surface area contributed by atoms with Gasteiger partial charge in [-0.2, -0.15) is 5.26 Å². The molecule has 10 heteroatoms. The van der Waals surface area contributed by atoms with Crippen molar-refractivity contribution in [1.82, 2.24) is 24.3 Å². The van der Waals surface area contributed by atoms with Crippen molar-refractivity contribution in [3.05, 3.63) is 77.1 Å². The van der Waals surface area contributed by atoms with E-state index in [1.165, 1.54) is 6.07 Å². The molecular formula is C22H16F2N6O2. The maximum atomic E-state index is 13.4. The smallest absolute Gasteiger partial charge is 0.166 e. The molecule has 0 spiro atoms. The van der Waals surface area contributed by atoms with Crippen LogP contribution in [0, 0.1) is 23.0 Å². The average Bonchev–Trinajstić information content (AvgIpc) is 3.37. The predicted molar refractivity (Wildman–Crippen MR) is 108 cm³/mol. The molecule has 0 saturated heterocycles. The molecule has 0 N–H and O–H groups in total. The second-order valence-corrected chi connectivity index (χ2v) is 7.17. The predicted octanol–water partition coefficient (Wildman–Crippen LogP) is 3.37. The van der Waals surface area contributed by atoms with Crippen LogP contribution in [0.5, 0.6) is 5.75 Å². The highest BCUT2D eigenvalue weighted by atomic mass is 19.2. The minimum absolute atomic E-state index is 0.0746. The van der Waals surface area contributed by atoms with E-state index in [0.717, 1.165) is 23.4 Å². The van der Waals surface area contributed by atoms with Crippen LogP contribution in [0.3, 0.4) is 0 Å². The van der Waals surface area contributed by atoms with Crippen LogP contribution >= 0.6 is 0 Å². The van der Waals surface area contributed by atoms with Crippen LogP contribution < -0.4 is 4.74 Å². The van der Waals surface area contributed by atoms with Gasteiger partial charge in [0.25, 0.3) is 0 Å². The van der Waals surface area contributed by atoms with Crippen LogP contribution in [-0.2, 0) is 24.5 Å². The summed E-state index contributed by atoms with van der Waals surface area (Å²) in [7, 11) is 1.58. The molecule has 4 aromatic rings.